The Morgan fingerprint density at radius 1 is 1.29 bits per heavy atom. The van der Waals surface area contributed by atoms with Crippen LogP contribution in [0.25, 0.3) is 0 Å². The molecule has 1 amide bonds. The average Bonchev–Trinajstić information content (AvgIpc) is 3.20. The van der Waals surface area contributed by atoms with Gasteiger partial charge in [-0.2, -0.15) is 0 Å². The van der Waals surface area contributed by atoms with Crippen molar-refractivity contribution in [1.29, 1.82) is 0 Å². The molecular formula is C21H23BrN2O4. The summed E-state index contributed by atoms with van der Waals surface area (Å²) in [5.74, 6) is 1.97. The van der Waals surface area contributed by atoms with Gasteiger partial charge in [0.25, 0.3) is 0 Å². The number of methoxy groups -OCH3 is 1. The van der Waals surface area contributed by atoms with E-state index in [1.54, 1.807) is 7.11 Å². The molecule has 4 rings (SSSR count). The maximum Gasteiger partial charge on any atom is 0.231 e. The molecule has 0 unspecified atom stereocenters. The summed E-state index contributed by atoms with van der Waals surface area (Å²) >= 11 is 3.68. The Hall–Kier alpha value is -2.25. The number of fused-ring (bicyclic) bond motifs is 2. The van der Waals surface area contributed by atoms with Gasteiger partial charge in [-0.05, 0) is 40.5 Å². The Kier molecular flexibility index (Phi) is 5.46. The first kappa shape index (κ1) is 19.1. The van der Waals surface area contributed by atoms with Gasteiger partial charge in [-0.15, -0.1) is 0 Å². The minimum absolute atomic E-state index is 0.00407. The number of ether oxygens (including phenoxy) is 3. The van der Waals surface area contributed by atoms with Crippen LogP contribution in [0.15, 0.2) is 34.8 Å². The van der Waals surface area contributed by atoms with Crippen molar-refractivity contribution >= 4 is 21.8 Å². The highest BCUT2D eigenvalue weighted by Crippen LogP contribution is 2.54. The van der Waals surface area contributed by atoms with Crippen molar-refractivity contribution in [2.24, 2.45) is 0 Å². The quantitative estimate of drug-likeness (QED) is 0.762. The molecule has 2 aliphatic rings. The molecule has 2 aromatic rings. The van der Waals surface area contributed by atoms with Gasteiger partial charge in [0.05, 0.1) is 11.6 Å². The van der Waals surface area contributed by atoms with Crippen molar-refractivity contribution in [3.63, 3.8) is 0 Å². The second-order valence-electron chi connectivity index (χ2n) is 7.02. The van der Waals surface area contributed by atoms with Gasteiger partial charge in [0.15, 0.2) is 11.5 Å². The Morgan fingerprint density at radius 3 is 2.79 bits per heavy atom. The minimum Gasteiger partial charge on any atom is -0.492 e. The van der Waals surface area contributed by atoms with Crippen LogP contribution in [-0.4, -0.2) is 38.3 Å². The third-order valence-electron chi connectivity index (χ3n) is 5.35. The molecule has 0 radical (unpaired) electrons. The van der Waals surface area contributed by atoms with Crippen molar-refractivity contribution in [2.75, 3.05) is 27.5 Å². The van der Waals surface area contributed by atoms with E-state index in [9.17, 15) is 4.79 Å². The first-order valence-electron chi connectivity index (χ1n) is 9.28. The normalized spacial score (nSPS) is 17.9. The van der Waals surface area contributed by atoms with Gasteiger partial charge in [-0.1, -0.05) is 30.3 Å². The average molecular weight is 447 g/mol. The summed E-state index contributed by atoms with van der Waals surface area (Å²) in [7, 11) is 3.67. The van der Waals surface area contributed by atoms with Crippen LogP contribution in [0.5, 0.6) is 17.2 Å². The second-order valence-corrected chi connectivity index (χ2v) is 7.81. The molecule has 0 aliphatic carbocycles. The van der Waals surface area contributed by atoms with E-state index in [0.717, 1.165) is 34.1 Å². The zero-order chi connectivity index (χ0) is 19.7. The number of likely N-dealkylation sites (N-methyl/N-ethyl adjacent to an activating group) is 1. The van der Waals surface area contributed by atoms with Crippen LogP contribution in [0, 0.1) is 0 Å². The summed E-state index contributed by atoms with van der Waals surface area (Å²) in [4.78, 5) is 14.9. The molecule has 148 valence electrons. The minimum atomic E-state index is -0.0970. The molecule has 1 atom stereocenters. The number of nitrogens with zero attached hydrogens (tertiary/aromatic N) is 1. The topological polar surface area (TPSA) is 60.0 Å². The van der Waals surface area contributed by atoms with Crippen LogP contribution < -0.4 is 19.5 Å². The number of nitrogens with one attached hydrogen (secondary N) is 1. The second kappa shape index (κ2) is 8.01. The fourth-order valence-electron chi connectivity index (χ4n) is 3.89. The first-order valence-corrected chi connectivity index (χ1v) is 10.1. The van der Waals surface area contributed by atoms with Crippen molar-refractivity contribution < 1.29 is 19.0 Å². The van der Waals surface area contributed by atoms with Gasteiger partial charge in [0, 0.05) is 31.1 Å². The van der Waals surface area contributed by atoms with Gasteiger partial charge in [-0.3, -0.25) is 9.69 Å². The van der Waals surface area contributed by atoms with Crippen LogP contribution in [0.1, 0.15) is 29.2 Å². The summed E-state index contributed by atoms with van der Waals surface area (Å²) in [6.07, 6.45) is 1.19. The van der Waals surface area contributed by atoms with Gasteiger partial charge in [0.1, 0.15) is 0 Å². The number of hydrogen-bond donors (Lipinski definition) is 1. The van der Waals surface area contributed by atoms with E-state index < -0.39 is 0 Å². The molecule has 0 spiro atoms. The van der Waals surface area contributed by atoms with Crippen molar-refractivity contribution in [2.45, 2.75) is 25.4 Å². The summed E-state index contributed by atoms with van der Waals surface area (Å²) in [6, 6.07) is 9.81. The van der Waals surface area contributed by atoms with Crippen LogP contribution in [0.2, 0.25) is 0 Å². The Balaban J connectivity index is 1.60. The van der Waals surface area contributed by atoms with Crippen LogP contribution >= 0.6 is 15.9 Å². The molecule has 0 aromatic heterocycles. The predicted molar refractivity (Wildman–Crippen MR) is 109 cm³/mol. The van der Waals surface area contributed by atoms with Gasteiger partial charge >= 0.3 is 0 Å². The molecule has 2 aliphatic heterocycles. The summed E-state index contributed by atoms with van der Waals surface area (Å²) < 4.78 is 17.9. The highest BCUT2D eigenvalue weighted by atomic mass is 79.9. The smallest absolute Gasteiger partial charge is 0.231 e. The van der Waals surface area contributed by atoms with Gasteiger partial charge in [-0.25, -0.2) is 0 Å². The molecular weight excluding hydrogens is 424 g/mol. The molecule has 0 fully saturated rings. The summed E-state index contributed by atoms with van der Waals surface area (Å²) in [6.45, 7) is 1.54. The lowest BCUT2D eigenvalue weighted by molar-refractivity contribution is -0.122. The molecule has 1 N–H and O–H groups in total. The summed E-state index contributed by atoms with van der Waals surface area (Å²) in [5.41, 5.74) is 3.21. The molecule has 2 heterocycles. The molecule has 2 aromatic carbocycles. The monoisotopic (exact) mass is 446 g/mol. The number of halogens is 1. The Morgan fingerprint density at radius 2 is 2.04 bits per heavy atom. The molecule has 28 heavy (non-hydrogen) atoms. The number of hydrogen-bond acceptors (Lipinski definition) is 5. The third kappa shape index (κ3) is 3.44. The maximum atomic E-state index is 12.7. The first-order chi connectivity index (χ1) is 13.6. The van der Waals surface area contributed by atoms with Crippen molar-refractivity contribution in [3.8, 4) is 17.2 Å². The zero-order valence-corrected chi connectivity index (χ0v) is 17.5. The lowest BCUT2D eigenvalue weighted by atomic mass is 9.89. The van der Waals surface area contributed by atoms with Crippen LogP contribution in [0.3, 0.4) is 0 Å². The van der Waals surface area contributed by atoms with E-state index in [0.29, 0.717) is 30.2 Å². The number of rotatable bonds is 5. The number of carbonyl (C=O) groups is 1. The number of amides is 1. The van der Waals surface area contributed by atoms with Crippen LogP contribution in [-0.2, 0) is 17.8 Å². The van der Waals surface area contributed by atoms with E-state index in [2.05, 4.69) is 26.1 Å². The van der Waals surface area contributed by atoms with Crippen LogP contribution in [0.4, 0.5) is 0 Å². The van der Waals surface area contributed by atoms with E-state index in [1.807, 2.05) is 37.4 Å². The van der Waals surface area contributed by atoms with Gasteiger partial charge < -0.3 is 19.5 Å². The lowest BCUT2D eigenvalue weighted by Gasteiger charge is -2.36. The highest BCUT2D eigenvalue weighted by molar-refractivity contribution is 9.10. The molecule has 0 saturated heterocycles. The number of carbonyl (C=O) groups excluding carboxylic acids is 1. The van der Waals surface area contributed by atoms with Crippen molar-refractivity contribution in [1.82, 2.24) is 10.2 Å². The van der Waals surface area contributed by atoms with E-state index in [-0.39, 0.29) is 18.7 Å². The van der Waals surface area contributed by atoms with Crippen molar-refractivity contribution in [3.05, 3.63) is 51.5 Å². The van der Waals surface area contributed by atoms with E-state index >= 15 is 0 Å². The molecule has 0 bridgehead atoms. The summed E-state index contributed by atoms with van der Waals surface area (Å²) in [5, 5.41) is 3.03. The lowest BCUT2D eigenvalue weighted by Crippen LogP contribution is -2.36. The predicted octanol–water partition coefficient (Wildman–Crippen LogP) is 3.42. The fraction of sp³-hybridized carbons (Fsp3) is 0.381. The number of benzene rings is 2. The Bertz CT molecular complexity index is 888. The largest absolute Gasteiger partial charge is 0.492 e. The SMILES string of the molecule is COc1c2c(c(Br)c3c1[C@H](CC(=O)NCc1ccccc1)N(C)CC3)OCO2. The Labute approximate surface area is 172 Å². The third-order valence-corrected chi connectivity index (χ3v) is 6.19. The zero-order valence-electron chi connectivity index (χ0n) is 16.0. The molecule has 7 heteroatoms. The maximum absolute atomic E-state index is 12.7. The van der Waals surface area contributed by atoms with E-state index in [4.69, 9.17) is 14.2 Å². The molecule has 6 nitrogen and oxygen atoms in total. The van der Waals surface area contributed by atoms with E-state index in [1.165, 1.54) is 0 Å². The van der Waals surface area contributed by atoms with Gasteiger partial charge in [0.2, 0.25) is 18.4 Å². The standard InChI is InChI=1S/C21H23BrN2O4/c1-24-9-8-14-17(19(26-2)21-20(18(14)22)27-12-28-21)15(24)10-16(25)23-11-13-6-4-3-5-7-13/h3-7,15H,8-12H2,1-2H3,(H,23,25)/t15-/m0/s1. The molecule has 0 saturated carbocycles. The highest BCUT2D eigenvalue weighted by Gasteiger charge is 2.37. The fourth-order valence-corrected chi connectivity index (χ4v) is 4.60.